The molecule has 0 heteroatoms. The number of hydrogen-bond donors (Lipinski definition) is 0. The molecule has 0 unspecified atom stereocenters. The molecule has 0 atom stereocenters. The third kappa shape index (κ3) is 6.82. The van der Waals surface area contributed by atoms with Gasteiger partial charge in [-0.1, -0.05) is 103 Å². The van der Waals surface area contributed by atoms with Crippen LogP contribution in [0.1, 0.15) is 109 Å². The Kier molecular flexibility index (Phi) is 7.97. The van der Waals surface area contributed by atoms with Gasteiger partial charge in [-0.3, -0.25) is 0 Å². The van der Waals surface area contributed by atoms with Crippen LogP contribution in [-0.4, -0.2) is 0 Å². The molecule has 2 saturated carbocycles. The van der Waals surface area contributed by atoms with Gasteiger partial charge in [-0.05, 0) is 18.3 Å². The summed E-state index contributed by atoms with van der Waals surface area (Å²) in [5.41, 5.74) is 0. The van der Waals surface area contributed by atoms with Crippen molar-refractivity contribution >= 4 is 0 Å². The summed E-state index contributed by atoms with van der Waals surface area (Å²) in [6, 6.07) is 0. The summed E-state index contributed by atoms with van der Waals surface area (Å²) >= 11 is 0. The second-order valence-corrected chi connectivity index (χ2v) is 7.37. The summed E-state index contributed by atoms with van der Waals surface area (Å²) in [6.07, 6.45) is 26.0. The van der Waals surface area contributed by atoms with Crippen LogP contribution in [0.4, 0.5) is 0 Å². The van der Waals surface area contributed by atoms with Gasteiger partial charge in [0.1, 0.15) is 0 Å². The van der Waals surface area contributed by atoms with E-state index in [1.807, 2.05) is 0 Å². The first-order chi connectivity index (χ1) is 9.45. The van der Waals surface area contributed by atoms with Gasteiger partial charge in [0.15, 0.2) is 0 Å². The molecule has 0 aliphatic heterocycles. The maximum absolute atomic E-state index is 1.58. The van der Waals surface area contributed by atoms with Gasteiger partial charge in [0.25, 0.3) is 0 Å². The van der Waals surface area contributed by atoms with Crippen LogP contribution >= 0.6 is 0 Å². The monoisotopic (exact) mass is 264 g/mol. The van der Waals surface area contributed by atoms with E-state index in [0.29, 0.717) is 0 Å². The normalized spacial score (nSPS) is 26.5. The molecule has 2 rings (SSSR count). The van der Waals surface area contributed by atoms with E-state index in [4.69, 9.17) is 0 Å². The molecule has 0 amide bonds. The average molecular weight is 264 g/mol. The molecule has 0 nitrogen and oxygen atoms in total. The summed E-state index contributed by atoms with van der Waals surface area (Å²) in [5, 5.41) is 0. The van der Waals surface area contributed by atoms with E-state index < -0.39 is 0 Å². The fourth-order valence-electron chi connectivity index (χ4n) is 4.38. The maximum Gasteiger partial charge on any atom is -0.0412 e. The number of rotatable bonds is 2. The number of hydrogen-bond acceptors (Lipinski definition) is 0. The van der Waals surface area contributed by atoms with Gasteiger partial charge in [-0.25, -0.2) is 0 Å². The Balaban J connectivity index is 1.70. The largest absolute Gasteiger partial charge is 0.0533 e. The standard InChI is InChI=1S/C19H36/c1-2-4-6-9-13-18(14-10-7-5-3-1)17-19-15-11-8-12-16-19/h18-19H,1-17H2. The molecule has 2 aliphatic rings. The molecule has 0 spiro atoms. The lowest BCUT2D eigenvalue weighted by Gasteiger charge is -2.27. The summed E-state index contributed by atoms with van der Waals surface area (Å²) in [7, 11) is 0. The highest BCUT2D eigenvalue weighted by molar-refractivity contribution is 4.71. The maximum atomic E-state index is 1.58. The van der Waals surface area contributed by atoms with Crippen molar-refractivity contribution in [2.24, 2.45) is 11.8 Å². The SMILES string of the molecule is C1CCCCCC(CC2CCCCC2)CCCCC1. The Morgan fingerprint density at radius 3 is 1.00 bits per heavy atom. The lowest BCUT2D eigenvalue weighted by molar-refractivity contribution is 0.260. The van der Waals surface area contributed by atoms with Gasteiger partial charge < -0.3 is 0 Å². The van der Waals surface area contributed by atoms with Crippen LogP contribution in [0.2, 0.25) is 0 Å². The third-order valence-electron chi connectivity index (χ3n) is 5.62. The molecule has 0 saturated heterocycles. The van der Waals surface area contributed by atoms with Crippen molar-refractivity contribution in [1.29, 1.82) is 0 Å². The van der Waals surface area contributed by atoms with Gasteiger partial charge in [-0.2, -0.15) is 0 Å². The zero-order valence-electron chi connectivity index (χ0n) is 13.2. The van der Waals surface area contributed by atoms with Crippen LogP contribution in [-0.2, 0) is 0 Å². The molecule has 112 valence electrons. The predicted octanol–water partition coefficient (Wildman–Crippen LogP) is 6.88. The van der Waals surface area contributed by atoms with Crippen LogP contribution in [0.3, 0.4) is 0 Å². The van der Waals surface area contributed by atoms with E-state index in [9.17, 15) is 0 Å². The van der Waals surface area contributed by atoms with E-state index in [1.165, 1.54) is 77.0 Å². The second kappa shape index (κ2) is 9.83. The molecular formula is C19H36. The zero-order chi connectivity index (χ0) is 13.2. The highest BCUT2D eigenvalue weighted by Crippen LogP contribution is 2.33. The van der Waals surface area contributed by atoms with Gasteiger partial charge in [0.05, 0.1) is 0 Å². The average Bonchev–Trinajstić information content (AvgIpc) is 2.43. The minimum atomic E-state index is 1.09. The molecule has 2 aliphatic carbocycles. The van der Waals surface area contributed by atoms with E-state index in [0.717, 1.165) is 11.8 Å². The summed E-state index contributed by atoms with van der Waals surface area (Å²) in [5.74, 6) is 2.19. The van der Waals surface area contributed by atoms with Crippen LogP contribution in [0.15, 0.2) is 0 Å². The first kappa shape index (κ1) is 15.4. The fraction of sp³-hybridized carbons (Fsp3) is 1.00. The molecule has 0 radical (unpaired) electrons. The molecule has 0 aromatic carbocycles. The van der Waals surface area contributed by atoms with Gasteiger partial charge in [0.2, 0.25) is 0 Å². The van der Waals surface area contributed by atoms with Gasteiger partial charge in [0, 0.05) is 0 Å². The van der Waals surface area contributed by atoms with E-state index in [1.54, 1.807) is 32.1 Å². The van der Waals surface area contributed by atoms with Gasteiger partial charge in [-0.15, -0.1) is 0 Å². The Morgan fingerprint density at radius 1 is 0.368 bits per heavy atom. The molecule has 2 fully saturated rings. The minimum Gasteiger partial charge on any atom is -0.0533 e. The highest BCUT2D eigenvalue weighted by Gasteiger charge is 2.18. The summed E-state index contributed by atoms with van der Waals surface area (Å²) in [4.78, 5) is 0. The molecule has 0 N–H and O–H groups in total. The van der Waals surface area contributed by atoms with Crippen molar-refractivity contribution in [1.82, 2.24) is 0 Å². The van der Waals surface area contributed by atoms with Crippen molar-refractivity contribution < 1.29 is 0 Å². The molecule has 0 aromatic rings. The Labute approximate surface area is 121 Å². The van der Waals surface area contributed by atoms with Crippen LogP contribution in [0.5, 0.6) is 0 Å². The van der Waals surface area contributed by atoms with Crippen LogP contribution < -0.4 is 0 Å². The quantitative estimate of drug-likeness (QED) is 0.510. The lowest BCUT2D eigenvalue weighted by atomic mass is 9.79. The van der Waals surface area contributed by atoms with Crippen LogP contribution in [0, 0.1) is 11.8 Å². The second-order valence-electron chi connectivity index (χ2n) is 7.37. The van der Waals surface area contributed by atoms with Crippen LogP contribution in [0.25, 0.3) is 0 Å². The Bertz CT molecular complexity index is 190. The molecular weight excluding hydrogens is 228 g/mol. The van der Waals surface area contributed by atoms with E-state index in [2.05, 4.69) is 0 Å². The van der Waals surface area contributed by atoms with Gasteiger partial charge >= 0.3 is 0 Å². The lowest BCUT2D eigenvalue weighted by Crippen LogP contribution is -2.13. The first-order valence-electron chi connectivity index (χ1n) is 9.45. The predicted molar refractivity (Wildman–Crippen MR) is 85.5 cm³/mol. The zero-order valence-corrected chi connectivity index (χ0v) is 13.2. The topological polar surface area (TPSA) is 0 Å². The van der Waals surface area contributed by atoms with Crippen molar-refractivity contribution in [3.8, 4) is 0 Å². The Morgan fingerprint density at radius 2 is 0.632 bits per heavy atom. The molecule has 0 aromatic heterocycles. The van der Waals surface area contributed by atoms with Crippen molar-refractivity contribution in [3.05, 3.63) is 0 Å². The summed E-state index contributed by atoms with van der Waals surface area (Å²) < 4.78 is 0. The molecule has 0 bridgehead atoms. The molecule has 19 heavy (non-hydrogen) atoms. The summed E-state index contributed by atoms with van der Waals surface area (Å²) in [6.45, 7) is 0. The molecule has 0 heterocycles. The van der Waals surface area contributed by atoms with E-state index >= 15 is 0 Å². The van der Waals surface area contributed by atoms with Crippen molar-refractivity contribution in [2.45, 2.75) is 109 Å². The van der Waals surface area contributed by atoms with Crippen molar-refractivity contribution in [2.75, 3.05) is 0 Å². The third-order valence-corrected chi connectivity index (χ3v) is 5.62. The first-order valence-corrected chi connectivity index (χ1v) is 9.45. The van der Waals surface area contributed by atoms with E-state index in [-0.39, 0.29) is 0 Å². The minimum absolute atomic E-state index is 1.09. The van der Waals surface area contributed by atoms with Crippen molar-refractivity contribution in [3.63, 3.8) is 0 Å². The fourth-order valence-corrected chi connectivity index (χ4v) is 4.38. The smallest absolute Gasteiger partial charge is 0.0412 e. The Hall–Kier alpha value is 0. The highest BCUT2D eigenvalue weighted by atomic mass is 14.2.